The zero-order valence-corrected chi connectivity index (χ0v) is 11.3. The minimum Gasteiger partial charge on any atom is -0.388 e. The van der Waals surface area contributed by atoms with E-state index in [4.69, 9.17) is 4.74 Å². The molecule has 6 nitrogen and oxygen atoms in total. The molecule has 2 rings (SSSR count). The summed E-state index contributed by atoms with van der Waals surface area (Å²) in [6, 6.07) is 5.40. The second kappa shape index (κ2) is 5.88. The molecule has 1 aromatic rings. The Labute approximate surface area is 112 Å². The fraction of sp³-hybridized carbons (Fsp3) is 0.538. The summed E-state index contributed by atoms with van der Waals surface area (Å²) in [7, 11) is 1.76. The molecule has 1 N–H and O–H groups in total. The molecule has 0 radical (unpaired) electrons. The molecule has 1 fully saturated rings. The number of rotatable bonds is 4. The highest BCUT2D eigenvalue weighted by Crippen LogP contribution is 2.29. The lowest BCUT2D eigenvalue weighted by molar-refractivity contribution is -0.384. The van der Waals surface area contributed by atoms with E-state index in [2.05, 4.69) is 17.1 Å². The monoisotopic (exact) mass is 265 g/mol. The van der Waals surface area contributed by atoms with Crippen LogP contribution in [0, 0.1) is 10.1 Å². The van der Waals surface area contributed by atoms with Gasteiger partial charge in [0.15, 0.2) is 0 Å². The first-order valence-electron chi connectivity index (χ1n) is 6.47. The molecule has 1 aromatic carbocycles. The number of nitrogens with one attached hydrogen (secondary N) is 1. The number of nitrogens with zero attached hydrogens (tertiary/aromatic N) is 2. The summed E-state index contributed by atoms with van der Waals surface area (Å²) in [4.78, 5) is 12.8. The normalized spacial score (nSPS) is 19.3. The summed E-state index contributed by atoms with van der Waals surface area (Å²) in [5.74, 6) is 0. The minimum absolute atomic E-state index is 0.114. The Bertz CT molecular complexity index is 464. The van der Waals surface area contributed by atoms with E-state index < -0.39 is 0 Å². The van der Waals surface area contributed by atoms with Crippen molar-refractivity contribution in [3.63, 3.8) is 0 Å². The Kier molecular flexibility index (Phi) is 4.21. The lowest BCUT2D eigenvalue weighted by Crippen LogP contribution is -2.45. The van der Waals surface area contributed by atoms with Crippen LogP contribution >= 0.6 is 0 Å². The van der Waals surface area contributed by atoms with Crippen LogP contribution in [-0.2, 0) is 4.74 Å². The molecule has 104 valence electrons. The number of nitro benzene ring substituents is 1. The Morgan fingerprint density at radius 3 is 2.95 bits per heavy atom. The van der Waals surface area contributed by atoms with Crippen molar-refractivity contribution in [2.45, 2.75) is 19.4 Å². The van der Waals surface area contributed by atoms with Crippen molar-refractivity contribution in [2.75, 3.05) is 37.0 Å². The number of anilines is 2. The lowest BCUT2D eigenvalue weighted by atomic mass is 10.1. The number of hydrogen-bond donors (Lipinski definition) is 1. The van der Waals surface area contributed by atoms with Gasteiger partial charge in [0, 0.05) is 37.1 Å². The van der Waals surface area contributed by atoms with E-state index in [0.717, 1.165) is 24.3 Å². The van der Waals surface area contributed by atoms with Crippen LogP contribution in [0.3, 0.4) is 0 Å². The highest BCUT2D eigenvalue weighted by molar-refractivity contribution is 5.64. The number of ether oxygens (including phenoxy) is 1. The van der Waals surface area contributed by atoms with Crippen molar-refractivity contribution in [2.24, 2.45) is 0 Å². The maximum Gasteiger partial charge on any atom is 0.273 e. The van der Waals surface area contributed by atoms with E-state index in [9.17, 15) is 10.1 Å². The number of non-ortho nitro benzene ring substituents is 1. The van der Waals surface area contributed by atoms with Gasteiger partial charge in [-0.2, -0.15) is 0 Å². The van der Waals surface area contributed by atoms with E-state index >= 15 is 0 Å². The van der Waals surface area contributed by atoms with Crippen molar-refractivity contribution in [3.05, 3.63) is 28.3 Å². The van der Waals surface area contributed by atoms with Gasteiger partial charge in [-0.1, -0.05) is 6.92 Å². The molecule has 19 heavy (non-hydrogen) atoms. The summed E-state index contributed by atoms with van der Waals surface area (Å²) in [5.41, 5.74) is 1.75. The summed E-state index contributed by atoms with van der Waals surface area (Å²) in [6.07, 6.45) is 0.956. The molecule has 0 amide bonds. The van der Waals surface area contributed by atoms with Gasteiger partial charge in [-0.25, -0.2) is 0 Å². The minimum atomic E-state index is -0.355. The first-order chi connectivity index (χ1) is 9.15. The molecule has 1 aliphatic rings. The summed E-state index contributed by atoms with van der Waals surface area (Å²) >= 11 is 0. The molecule has 1 atom stereocenters. The third-order valence-corrected chi connectivity index (χ3v) is 3.43. The number of morpholine rings is 1. The molecule has 0 aromatic heterocycles. The smallest absolute Gasteiger partial charge is 0.273 e. The highest BCUT2D eigenvalue weighted by Gasteiger charge is 2.23. The molecule has 1 unspecified atom stereocenters. The van der Waals surface area contributed by atoms with E-state index in [1.807, 2.05) is 6.07 Å². The zero-order chi connectivity index (χ0) is 13.8. The molecule has 1 heterocycles. The van der Waals surface area contributed by atoms with Gasteiger partial charge >= 0.3 is 0 Å². The fourth-order valence-electron chi connectivity index (χ4n) is 2.34. The van der Waals surface area contributed by atoms with E-state index in [0.29, 0.717) is 13.2 Å². The first kappa shape index (κ1) is 13.6. The van der Waals surface area contributed by atoms with Crippen LogP contribution in [0.4, 0.5) is 17.1 Å². The van der Waals surface area contributed by atoms with Gasteiger partial charge in [-0.15, -0.1) is 0 Å². The van der Waals surface area contributed by atoms with Crippen molar-refractivity contribution < 1.29 is 9.66 Å². The van der Waals surface area contributed by atoms with Crippen molar-refractivity contribution in [1.29, 1.82) is 0 Å². The second-order valence-electron chi connectivity index (χ2n) is 4.58. The zero-order valence-electron chi connectivity index (χ0n) is 11.3. The van der Waals surface area contributed by atoms with Crippen LogP contribution in [0.1, 0.15) is 13.3 Å². The third-order valence-electron chi connectivity index (χ3n) is 3.43. The lowest BCUT2D eigenvalue weighted by Gasteiger charge is -2.37. The summed E-state index contributed by atoms with van der Waals surface area (Å²) in [5, 5.41) is 14.0. The van der Waals surface area contributed by atoms with Gasteiger partial charge in [0.05, 0.1) is 24.2 Å². The average molecular weight is 265 g/mol. The Morgan fingerprint density at radius 1 is 1.53 bits per heavy atom. The SMILES string of the molecule is CCC1COCCN1c1cc(NC)cc([N+](=O)[O-])c1. The van der Waals surface area contributed by atoms with E-state index in [-0.39, 0.29) is 16.7 Å². The summed E-state index contributed by atoms with van der Waals surface area (Å²) < 4.78 is 5.47. The van der Waals surface area contributed by atoms with Crippen molar-refractivity contribution in [3.8, 4) is 0 Å². The molecule has 0 spiro atoms. The van der Waals surface area contributed by atoms with Crippen LogP contribution in [0.5, 0.6) is 0 Å². The largest absolute Gasteiger partial charge is 0.388 e. The van der Waals surface area contributed by atoms with Crippen LogP contribution in [0.25, 0.3) is 0 Å². The summed E-state index contributed by atoms with van der Waals surface area (Å²) in [6.45, 7) is 4.20. The topological polar surface area (TPSA) is 67.6 Å². The Hall–Kier alpha value is -1.82. The highest BCUT2D eigenvalue weighted by atomic mass is 16.6. The van der Waals surface area contributed by atoms with Gasteiger partial charge in [0.25, 0.3) is 5.69 Å². The van der Waals surface area contributed by atoms with Crippen LogP contribution in [0.2, 0.25) is 0 Å². The molecule has 0 aliphatic carbocycles. The Morgan fingerprint density at radius 2 is 2.32 bits per heavy atom. The molecule has 0 bridgehead atoms. The maximum absolute atomic E-state index is 11.0. The van der Waals surface area contributed by atoms with Gasteiger partial charge in [-0.05, 0) is 12.5 Å². The molecular formula is C13H19N3O3. The van der Waals surface area contributed by atoms with Gasteiger partial charge in [0.1, 0.15) is 0 Å². The first-order valence-corrected chi connectivity index (χ1v) is 6.47. The molecule has 1 aliphatic heterocycles. The van der Waals surface area contributed by atoms with Gasteiger partial charge in [0.2, 0.25) is 0 Å². The van der Waals surface area contributed by atoms with Crippen LogP contribution in [-0.4, -0.2) is 37.8 Å². The van der Waals surface area contributed by atoms with Gasteiger partial charge in [-0.3, -0.25) is 10.1 Å². The molecular weight excluding hydrogens is 246 g/mol. The Balaban J connectivity index is 2.36. The molecule has 0 saturated carbocycles. The second-order valence-corrected chi connectivity index (χ2v) is 4.58. The maximum atomic E-state index is 11.0. The van der Waals surface area contributed by atoms with E-state index in [1.165, 1.54) is 0 Å². The van der Waals surface area contributed by atoms with Crippen molar-refractivity contribution in [1.82, 2.24) is 0 Å². The number of nitro groups is 1. The van der Waals surface area contributed by atoms with Crippen LogP contribution in [0.15, 0.2) is 18.2 Å². The predicted molar refractivity (Wildman–Crippen MR) is 74.9 cm³/mol. The van der Waals surface area contributed by atoms with E-state index in [1.54, 1.807) is 19.2 Å². The predicted octanol–water partition coefficient (Wildman–Crippen LogP) is 2.25. The standard InChI is InChI=1S/C13H19N3O3/c1-3-11-9-19-5-4-15(11)12-6-10(14-2)7-13(8-12)16(17)18/h6-8,11,14H,3-5,9H2,1-2H3. The van der Waals surface area contributed by atoms with Crippen LogP contribution < -0.4 is 10.2 Å². The average Bonchev–Trinajstić information content (AvgIpc) is 2.46. The van der Waals surface area contributed by atoms with Crippen molar-refractivity contribution >= 4 is 17.1 Å². The quantitative estimate of drug-likeness (QED) is 0.668. The fourth-order valence-corrected chi connectivity index (χ4v) is 2.34. The third kappa shape index (κ3) is 2.96. The number of hydrogen-bond acceptors (Lipinski definition) is 5. The van der Waals surface area contributed by atoms with Gasteiger partial charge < -0.3 is 15.0 Å². The number of benzene rings is 1. The molecule has 6 heteroatoms. The molecule has 1 saturated heterocycles.